The van der Waals surface area contributed by atoms with E-state index in [1.165, 1.54) is 5.56 Å². The lowest BCUT2D eigenvalue weighted by molar-refractivity contribution is -0.117. The number of ether oxygens (including phenoxy) is 2. The maximum atomic E-state index is 12.5. The standard InChI is InChI=1S/C26H22BrIN2O3/c1-17-3-5-19(6-4-17)16-33-25-23(27)12-20(13-24(25)28)11-21(14-29)26(31)30-15-18-7-9-22(32-2)10-8-18/h3-13H,15-16H2,1-2H3,(H,30,31)/b21-11-. The third-order valence-corrected chi connectivity index (χ3v) is 6.20. The molecule has 0 heterocycles. The van der Waals surface area contributed by atoms with Crippen molar-refractivity contribution in [3.05, 3.63) is 96.5 Å². The molecule has 3 aromatic rings. The molecule has 0 saturated heterocycles. The first kappa shape index (κ1) is 24.8. The Morgan fingerprint density at radius 3 is 2.39 bits per heavy atom. The van der Waals surface area contributed by atoms with Crippen molar-refractivity contribution >= 4 is 50.5 Å². The van der Waals surface area contributed by atoms with Gasteiger partial charge in [0, 0.05) is 6.54 Å². The Kier molecular flexibility index (Phi) is 8.92. The SMILES string of the molecule is COc1ccc(CNC(=O)/C(C#N)=C\c2cc(Br)c(OCc3ccc(C)cc3)c(I)c2)cc1. The zero-order chi connectivity index (χ0) is 23.8. The van der Waals surface area contributed by atoms with E-state index < -0.39 is 5.91 Å². The van der Waals surface area contributed by atoms with Crippen molar-refractivity contribution in [1.29, 1.82) is 5.26 Å². The van der Waals surface area contributed by atoms with E-state index in [0.29, 0.717) is 13.2 Å². The van der Waals surface area contributed by atoms with E-state index in [9.17, 15) is 10.1 Å². The Morgan fingerprint density at radius 2 is 1.79 bits per heavy atom. The largest absolute Gasteiger partial charge is 0.497 e. The van der Waals surface area contributed by atoms with Crippen molar-refractivity contribution in [3.63, 3.8) is 0 Å². The molecule has 0 aliphatic heterocycles. The predicted octanol–water partition coefficient (Wildman–Crippen LogP) is 6.17. The van der Waals surface area contributed by atoms with Crippen molar-refractivity contribution in [1.82, 2.24) is 5.32 Å². The van der Waals surface area contributed by atoms with Crippen LogP contribution in [0.3, 0.4) is 0 Å². The van der Waals surface area contributed by atoms with Gasteiger partial charge in [-0.1, -0.05) is 42.0 Å². The highest BCUT2D eigenvalue weighted by atomic mass is 127. The molecule has 0 bridgehead atoms. The van der Waals surface area contributed by atoms with Crippen LogP contribution in [0, 0.1) is 21.8 Å². The van der Waals surface area contributed by atoms with Crippen LogP contribution < -0.4 is 14.8 Å². The van der Waals surface area contributed by atoms with Gasteiger partial charge >= 0.3 is 0 Å². The van der Waals surface area contributed by atoms with Crippen molar-refractivity contribution in [3.8, 4) is 17.6 Å². The Balaban J connectivity index is 1.68. The summed E-state index contributed by atoms with van der Waals surface area (Å²) in [6, 6.07) is 21.3. The molecule has 0 radical (unpaired) electrons. The highest BCUT2D eigenvalue weighted by Gasteiger charge is 2.12. The third-order valence-electron chi connectivity index (χ3n) is 4.81. The van der Waals surface area contributed by atoms with E-state index in [4.69, 9.17) is 9.47 Å². The van der Waals surface area contributed by atoms with Crippen LogP contribution in [0.5, 0.6) is 11.5 Å². The number of carbonyl (C=O) groups excluding carboxylic acids is 1. The molecule has 0 aromatic heterocycles. The summed E-state index contributed by atoms with van der Waals surface area (Å²) in [5, 5.41) is 12.3. The van der Waals surface area contributed by atoms with Gasteiger partial charge in [-0.15, -0.1) is 0 Å². The van der Waals surface area contributed by atoms with Gasteiger partial charge < -0.3 is 14.8 Å². The van der Waals surface area contributed by atoms with E-state index in [-0.39, 0.29) is 5.57 Å². The van der Waals surface area contributed by atoms with Gasteiger partial charge in [0.2, 0.25) is 0 Å². The van der Waals surface area contributed by atoms with E-state index in [0.717, 1.165) is 36.2 Å². The molecular formula is C26H22BrIN2O3. The smallest absolute Gasteiger partial charge is 0.262 e. The number of amides is 1. The summed E-state index contributed by atoms with van der Waals surface area (Å²) in [6.45, 7) is 2.81. The van der Waals surface area contributed by atoms with Gasteiger partial charge in [-0.05, 0) is 92.5 Å². The van der Waals surface area contributed by atoms with Gasteiger partial charge in [-0.3, -0.25) is 4.79 Å². The Hall–Kier alpha value is -2.83. The van der Waals surface area contributed by atoms with Crippen molar-refractivity contribution < 1.29 is 14.3 Å². The quantitative estimate of drug-likeness (QED) is 0.187. The minimum absolute atomic E-state index is 0.0273. The molecule has 1 N–H and O–H groups in total. The fourth-order valence-corrected chi connectivity index (χ4v) is 4.75. The summed E-state index contributed by atoms with van der Waals surface area (Å²) in [6.07, 6.45) is 1.57. The lowest BCUT2D eigenvalue weighted by Gasteiger charge is -2.12. The minimum Gasteiger partial charge on any atom is -0.497 e. The highest BCUT2D eigenvalue weighted by Crippen LogP contribution is 2.33. The molecule has 0 aliphatic rings. The van der Waals surface area contributed by atoms with Crippen LogP contribution in [0.2, 0.25) is 0 Å². The first-order chi connectivity index (χ1) is 15.9. The Bertz CT molecular complexity index is 1180. The summed E-state index contributed by atoms with van der Waals surface area (Å²) in [4.78, 5) is 12.5. The van der Waals surface area contributed by atoms with Crippen LogP contribution in [0.25, 0.3) is 6.08 Å². The van der Waals surface area contributed by atoms with Gasteiger partial charge in [0.15, 0.2) is 0 Å². The van der Waals surface area contributed by atoms with E-state index in [1.54, 1.807) is 13.2 Å². The molecule has 5 nitrogen and oxygen atoms in total. The van der Waals surface area contributed by atoms with Crippen LogP contribution in [-0.2, 0) is 17.9 Å². The summed E-state index contributed by atoms with van der Waals surface area (Å²) < 4.78 is 12.8. The van der Waals surface area contributed by atoms with Crippen LogP contribution in [0.1, 0.15) is 22.3 Å². The number of methoxy groups -OCH3 is 1. The van der Waals surface area contributed by atoms with E-state index in [1.807, 2.05) is 61.5 Å². The molecule has 3 aromatic carbocycles. The third kappa shape index (κ3) is 7.07. The topological polar surface area (TPSA) is 71.3 Å². The lowest BCUT2D eigenvalue weighted by atomic mass is 10.1. The van der Waals surface area contributed by atoms with E-state index >= 15 is 0 Å². The molecule has 168 valence electrons. The Labute approximate surface area is 215 Å². The number of halogens is 2. The number of nitriles is 1. The second-order valence-corrected chi connectivity index (χ2v) is 9.31. The summed E-state index contributed by atoms with van der Waals surface area (Å²) in [7, 11) is 1.60. The molecule has 3 rings (SSSR count). The number of nitrogens with zero attached hydrogens (tertiary/aromatic N) is 1. The van der Waals surface area contributed by atoms with Crippen molar-refractivity contribution in [2.45, 2.75) is 20.1 Å². The fourth-order valence-electron chi connectivity index (χ4n) is 2.98. The number of hydrogen-bond acceptors (Lipinski definition) is 4. The molecule has 0 unspecified atom stereocenters. The highest BCUT2D eigenvalue weighted by molar-refractivity contribution is 14.1. The van der Waals surface area contributed by atoms with Crippen LogP contribution in [0.15, 0.2) is 70.7 Å². The minimum atomic E-state index is -0.431. The Morgan fingerprint density at radius 1 is 1.12 bits per heavy atom. The number of rotatable bonds is 8. The second-order valence-electron chi connectivity index (χ2n) is 7.29. The van der Waals surface area contributed by atoms with Gasteiger partial charge in [0.05, 0.1) is 15.2 Å². The number of benzene rings is 3. The van der Waals surface area contributed by atoms with Crippen molar-refractivity contribution in [2.75, 3.05) is 7.11 Å². The molecule has 0 saturated carbocycles. The fraction of sp³-hybridized carbons (Fsp3) is 0.154. The summed E-state index contributed by atoms with van der Waals surface area (Å²) in [5.41, 5.74) is 3.94. The van der Waals surface area contributed by atoms with Crippen LogP contribution in [-0.4, -0.2) is 13.0 Å². The maximum Gasteiger partial charge on any atom is 0.262 e. The molecule has 0 atom stereocenters. The summed E-state index contributed by atoms with van der Waals surface area (Å²) >= 11 is 5.74. The van der Waals surface area contributed by atoms with Gasteiger partial charge in [0.1, 0.15) is 29.7 Å². The molecule has 33 heavy (non-hydrogen) atoms. The van der Waals surface area contributed by atoms with Crippen molar-refractivity contribution in [2.24, 2.45) is 0 Å². The molecule has 0 spiro atoms. The lowest BCUT2D eigenvalue weighted by Crippen LogP contribution is -2.23. The normalized spacial score (nSPS) is 10.9. The number of hydrogen-bond donors (Lipinski definition) is 1. The maximum absolute atomic E-state index is 12.5. The van der Waals surface area contributed by atoms with E-state index in [2.05, 4.69) is 56.0 Å². The molecular weight excluding hydrogens is 595 g/mol. The monoisotopic (exact) mass is 616 g/mol. The number of carbonyl (C=O) groups is 1. The predicted molar refractivity (Wildman–Crippen MR) is 141 cm³/mol. The summed E-state index contributed by atoms with van der Waals surface area (Å²) in [5.74, 6) is 1.03. The van der Waals surface area contributed by atoms with Gasteiger partial charge in [-0.2, -0.15) is 5.26 Å². The first-order valence-corrected chi connectivity index (χ1v) is 12.0. The molecule has 1 amide bonds. The first-order valence-electron chi connectivity index (χ1n) is 10.1. The number of aryl methyl sites for hydroxylation is 1. The second kappa shape index (κ2) is 11.9. The zero-order valence-electron chi connectivity index (χ0n) is 18.2. The van der Waals surface area contributed by atoms with Crippen LogP contribution in [0.4, 0.5) is 0 Å². The number of nitrogens with one attached hydrogen (secondary N) is 1. The average molecular weight is 617 g/mol. The average Bonchev–Trinajstić information content (AvgIpc) is 2.82. The van der Waals surface area contributed by atoms with Crippen LogP contribution >= 0.6 is 38.5 Å². The molecule has 0 fully saturated rings. The van der Waals surface area contributed by atoms with Gasteiger partial charge in [0.25, 0.3) is 5.91 Å². The zero-order valence-corrected chi connectivity index (χ0v) is 21.9. The van der Waals surface area contributed by atoms with Gasteiger partial charge in [-0.25, -0.2) is 0 Å². The molecule has 7 heteroatoms. The molecule has 0 aliphatic carbocycles.